The van der Waals surface area contributed by atoms with E-state index in [4.69, 9.17) is 0 Å². The molecule has 0 fully saturated rings. The highest BCUT2D eigenvalue weighted by atomic mass is 16.2. The van der Waals surface area contributed by atoms with Gasteiger partial charge in [0, 0.05) is 11.4 Å². The van der Waals surface area contributed by atoms with E-state index in [0.717, 1.165) is 5.56 Å². The number of aryl methyl sites for hydroxylation is 1. The second kappa shape index (κ2) is 10.2. The lowest BCUT2D eigenvalue weighted by molar-refractivity contribution is 0.248. The first-order chi connectivity index (χ1) is 16.1. The van der Waals surface area contributed by atoms with E-state index in [1.165, 1.54) is 10.0 Å². The summed E-state index contributed by atoms with van der Waals surface area (Å²) in [5, 5.41) is 8.44. The molecule has 0 heterocycles. The fourth-order valence-electron chi connectivity index (χ4n) is 3.30. The Kier molecular flexibility index (Phi) is 6.66. The number of nitrogens with zero attached hydrogens (tertiary/aromatic N) is 2. The Morgan fingerprint density at radius 1 is 0.515 bits per heavy atom. The fourth-order valence-corrected chi connectivity index (χ4v) is 3.30. The van der Waals surface area contributed by atoms with Crippen LogP contribution in [0.2, 0.25) is 0 Å². The highest BCUT2D eigenvalue weighted by Crippen LogP contribution is 2.25. The van der Waals surface area contributed by atoms with Gasteiger partial charge in [-0.3, -0.25) is 0 Å². The first-order valence-corrected chi connectivity index (χ1v) is 10.6. The highest BCUT2D eigenvalue weighted by molar-refractivity contribution is 6.13. The standard InChI is InChI=1S/C27H24N4O2/c1-21-17-19-23(20-18-21)29-27(33)31(25-15-9-4-10-16-25)30(24-13-7-3-8-14-24)26(32)28-22-11-5-2-6-12-22/h2-20H,1H3,(H,28,32)(H,29,33). The molecule has 0 aliphatic rings. The molecular formula is C27H24N4O2. The lowest BCUT2D eigenvalue weighted by atomic mass is 10.2. The number of amides is 4. The van der Waals surface area contributed by atoms with Gasteiger partial charge in [-0.25, -0.2) is 9.59 Å². The number of benzene rings is 4. The van der Waals surface area contributed by atoms with Crippen LogP contribution in [0.5, 0.6) is 0 Å². The molecule has 4 rings (SSSR count). The zero-order valence-electron chi connectivity index (χ0n) is 18.2. The summed E-state index contributed by atoms with van der Waals surface area (Å²) >= 11 is 0. The van der Waals surface area contributed by atoms with Crippen molar-refractivity contribution >= 4 is 34.8 Å². The van der Waals surface area contributed by atoms with Crippen molar-refractivity contribution in [2.45, 2.75) is 6.92 Å². The van der Waals surface area contributed by atoms with Crippen LogP contribution < -0.4 is 20.7 Å². The second-order valence-electron chi connectivity index (χ2n) is 7.39. The molecule has 164 valence electrons. The van der Waals surface area contributed by atoms with Crippen LogP contribution in [0.15, 0.2) is 115 Å². The van der Waals surface area contributed by atoms with Gasteiger partial charge < -0.3 is 10.6 Å². The average Bonchev–Trinajstić information content (AvgIpc) is 2.85. The summed E-state index contributed by atoms with van der Waals surface area (Å²) in [5.74, 6) is 0. The molecular weight excluding hydrogens is 412 g/mol. The Hall–Kier alpha value is -4.58. The van der Waals surface area contributed by atoms with E-state index >= 15 is 0 Å². The minimum atomic E-state index is -0.477. The Morgan fingerprint density at radius 3 is 1.30 bits per heavy atom. The normalized spacial score (nSPS) is 10.2. The maximum absolute atomic E-state index is 13.6. The lowest BCUT2D eigenvalue weighted by Gasteiger charge is -2.34. The van der Waals surface area contributed by atoms with E-state index < -0.39 is 12.1 Å². The second-order valence-corrected chi connectivity index (χ2v) is 7.39. The van der Waals surface area contributed by atoms with Gasteiger partial charge in [0.2, 0.25) is 0 Å². The van der Waals surface area contributed by atoms with Crippen molar-refractivity contribution < 1.29 is 9.59 Å². The highest BCUT2D eigenvalue weighted by Gasteiger charge is 2.29. The van der Waals surface area contributed by atoms with E-state index in [9.17, 15) is 9.59 Å². The lowest BCUT2D eigenvalue weighted by Crippen LogP contribution is -2.53. The van der Waals surface area contributed by atoms with Crippen LogP contribution in [0.4, 0.5) is 32.3 Å². The largest absolute Gasteiger partial charge is 0.345 e. The summed E-state index contributed by atoms with van der Waals surface area (Å²) in [6.45, 7) is 1.98. The quantitative estimate of drug-likeness (QED) is 0.350. The number of hydrogen-bond donors (Lipinski definition) is 2. The molecule has 0 saturated heterocycles. The molecule has 6 heteroatoms. The Balaban J connectivity index is 1.75. The third-order valence-electron chi connectivity index (χ3n) is 4.91. The Bertz CT molecular complexity index is 1200. The van der Waals surface area contributed by atoms with Crippen molar-refractivity contribution in [1.82, 2.24) is 0 Å². The molecule has 4 aromatic carbocycles. The zero-order valence-corrected chi connectivity index (χ0v) is 18.2. The van der Waals surface area contributed by atoms with E-state index in [-0.39, 0.29) is 0 Å². The summed E-state index contributed by atoms with van der Waals surface area (Å²) in [5.41, 5.74) is 3.41. The molecule has 0 unspecified atom stereocenters. The molecule has 0 bridgehead atoms. The summed E-state index contributed by atoms with van der Waals surface area (Å²) in [7, 11) is 0. The van der Waals surface area contributed by atoms with E-state index in [1.54, 1.807) is 36.4 Å². The monoisotopic (exact) mass is 436 g/mol. The molecule has 2 N–H and O–H groups in total. The topological polar surface area (TPSA) is 64.7 Å². The maximum atomic E-state index is 13.6. The van der Waals surface area contributed by atoms with Crippen molar-refractivity contribution in [3.05, 3.63) is 121 Å². The van der Waals surface area contributed by atoms with E-state index in [1.807, 2.05) is 85.8 Å². The van der Waals surface area contributed by atoms with Gasteiger partial charge in [-0.1, -0.05) is 72.3 Å². The predicted molar refractivity (Wildman–Crippen MR) is 134 cm³/mol. The molecule has 0 spiro atoms. The van der Waals surface area contributed by atoms with Crippen LogP contribution in [-0.2, 0) is 0 Å². The molecule has 6 nitrogen and oxygen atoms in total. The van der Waals surface area contributed by atoms with Gasteiger partial charge in [0.15, 0.2) is 0 Å². The van der Waals surface area contributed by atoms with Gasteiger partial charge >= 0.3 is 12.1 Å². The number of rotatable bonds is 4. The summed E-state index contributed by atoms with van der Waals surface area (Å²) in [6, 6.07) is 33.8. The van der Waals surface area contributed by atoms with E-state index in [0.29, 0.717) is 22.7 Å². The van der Waals surface area contributed by atoms with Gasteiger partial charge in [-0.15, -0.1) is 0 Å². The van der Waals surface area contributed by atoms with Crippen molar-refractivity contribution in [1.29, 1.82) is 0 Å². The average molecular weight is 437 g/mol. The summed E-state index contributed by atoms with van der Waals surface area (Å²) < 4.78 is 0. The molecule has 0 atom stereocenters. The van der Waals surface area contributed by atoms with Gasteiger partial charge in [-0.05, 0) is 55.5 Å². The van der Waals surface area contributed by atoms with Crippen molar-refractivity contribution in [3.8, 4) is 0 Å². The van der Waals surface area contributed by atoms with Crippen molar-refractivity contribution in [2.24, 2.45) is 0 Å². The third kappa shape index (κ3) is 5.37. The Labute approximate surface area is 193 Å². The predicted octanol–water partition coefficient (Wildman–Crippen LogP) is 6.69. The number of hydrogen-bond acceptors (Lipinski definition) is 2. The van der Waals surface area contributed by atoms with Gasteiger partial charge in [0.1, 0.15) is 0 Å². The summed E-state index contributed by atoms with van der Waals surface area (Å²) in [4.78, 5) is 27.1. The van der Waals surface area contributed by atoms with Crippen LogP contribution in [-0.4, -0.2) is 12.1 Å². The minimum Gasteiger partial charge on any atom is -0.306 e. The first kappa shape index (κ1) is 21.6. The van der Waals surface area contributed by atoms with Crippen LogP contribution >= 0.6 is 0 Å². The molecule has 4 amide bonds. The maximum Gasteiger partial charge on any atom is 0.345 e. The van der Waals surface area contributed by atoms with E-state index in [2.05, 4.69) is 10.6 Å². The number of carbonyl (C=O) groups is 2. The molecule has 0 aromatic heterocycles. The molecule has 0 radical (unpaired) electrons. The molecule has 4 aromatic rings. The first-order valence-electron chi connectivity index (χ1n) is 10.6. The number of anilines is 4. The van der Waals surface area contributed by atoms with Gasteiger partial charge in [0.05, 0.1) is 11.4 Å². The number of urea groups is 2. The smallest absolute Gasteiger partial charge is 0.306 e. The molecule has 0 aliphatic heterocycles. The zero-order chi connectivity index (χ0) is 23.0. The fraction of sp³-hybridized carbons (Fsp3) is 0.0370. The van der Waals surface area contributed by atoms with Crippen LogP contribution in [0.1, 0.15) is 5.56 Å². The third-order valence-corrected chi connectivity index (χ3v) is 4.91. The number of carbonyl (C=O) groups excluding carboxylic acids is 2. The summed E-state index contributed by atoms with van der Waals surface area (Å²) in [6.07, 6.45) is 0. The van der Waals surface area contributed by atoms with Gasteiger partial charge in [-0.2, -0.15) is 10.0 Å². The minimum absolute atomic E-state index is 0.475. The molecule has 0 aliphatic carbocycles. The number of para-hydroxylation sites is 3. The van der Waals surface area contributed by atoms with Crippen LogP contribution in [0.3, 0.4) is 0 Å². The Morgan fingerprint density at radius 2 is 0.879 bits per heavy atom. The molecule has 0 saturated carbocycles. The van der Waals surface area contributed by atoms with Crippen molar-refractivity contribution in [2.75, 3.05) is 20.7 Å². The van der Waals surface area contributed by atoms with Crippen molar-refractivity contribution in [3.63, 3.8) is 0 Å². The van der Waals surface area contributed by atoms with Crippen LogP contribution in [0, 0.1) is 6.92 Å². The molecule has 33 heavy (non-hydrogen) atoms. The SMILES string of the molecule is Cc1ccc(NC(=O)N(c2ccccc2)N(C(=O)Nc2ccccc2)c2ccccc2)cc1. The van der Waals surface area contributed by atoms with Crippen LogP contribution in [0.25, 0.3) is 0 Å². The number of hydrazine groups is 1. The van der Waals surface area contributed by atoms with Gasteiger partial charge in [0.25, 0.3) is 0 Å². The number of nitrogens with one attached hydrogen (secondary N) is 2.